The number of hydrogen-bond acceptors (Lipinski definition) is 3. The molecule has 0 unspecified atom stereocenters. The van der Waals surface area contributed by atoms with Crippen molar-refractivity contribution in [3.8, 4) is 0 Å². The topological polar surface area (TPSA) is 66.6 Å². The molecule has 2 aromatic carbocycles. The molecule has 0 aliphatic carbocycles. The van der Waals surface area contributed by atoms with Gasteiger partial charge in [0.15, 0.2) is 0 Å². The van der Waals surface area contributed by atoms with Crippen molar-refractivity contribution in [1.82, 2.24) is 9.80 Å². The Morgan fingerprint density at radius 1 is 0.889 bits per heavy atom. The quantitative estimate of drug-likeness (QED) is 0.838. The van der Waals surface area contributed by atoms with Crippen LogP contribution >= 0.6 is 0 Å². The van der Waals surface area contributed by atoms with Crippen molar-refractivity contribution in [1.29, 1.82) is 0 Å². The molecule has 1 saturated heterocycles. The van der Waals surface area contributed by atoms with Crippen molar-refractivity contribution in [2.75, 3.05) is 31.9 Å². The van der Waals surface area contributed by atoms with E-state index in [-0.39, 0.29) is 19.0 Å². The molecule has 0 spiro atoms. The summed E-state index contributed by atoms with van der Waals surface area (Å²) in [4.78, 5) is 27.8. The Labute approximate surface area is 156 Å². The molecule has 0 atom stereocenters. The minimum atomic E-state index is -0.876. The zero-order valence-electron chi connectivity index (χ0n) is 14.8. The third kappa shape index (κ3) is 4.24. The van der Waals surface area contributed by atoms with Crippen LogP contribution in [-0.2, 0) is 11.2 Å². The van der Waals surface area contributed by atoms with Crippen LogP contribution in [0, 0.1) is 11.6 Å². The lowest BCUT2D eigenvalue weighted by Gasteiger charge is -2.35. The molecule has 0 bridgehead atoms. The van der Waals surface area contributed by atoms with Gasteiger partial charge < -0.3 is 15.5 Å². The van der Waals surface area contributed by atoms with Gasteiger partial charge in [-0.2, -0.15) is 0 Å². The van der Waals surface area contributed by atoms with E-state index in [2.05, 4.69) is 0 Å². The Hall–Kier alpha value is -2.96. The molecule has 5 nitrogen and oxygen atoms in total. The lowest BCUT2D eigenvalue weighted by atomic mass is 10.1. The monoisotopic (exact) mass is 373 g/mol. The van der Waals surface area contributed by atoms with Gasteiger partial charge in [-0.3, -0.25) is 9.59 Å². The number of benzene rings is 2. The molecule has 0 radical (unpaired) electrons. The standard InChI is InChI=1S/C20H21F2N3O2/c21-15-5-3-6-16(22)19(15)20(27)25-12-10-24(11-13-25)18(26)9-8-14-4-1-2-7-17(14)23/h1-7H,8-13,23H2. The van der Waals surface area contributed by atoms with Crippen molar-refractivity contribution < 1.29 is 18.4 Å². The van der Waals surface area contributed by atoms with Gasteiger partial charge in [0.2, 0.25) is 5.91 Å². The molecule has 2 N–H and O–H groups in total. The van der Waals surface area contributed by atoms with E-state index in [4.69, 9.17) is 5.73 Å². The lowest BCUT2D eigenvalue weighted by Crippen LogP contribution is -2.51. The second-order valence-electron chi connectivity index (χ2n) is 6.47. The number of anilines is 1. The minimum Gasteiger partial charge on any atom is -0.399 e. The third-order valence-electron chi connectivity index (χ3n) is 4.76. The van der Waals surface area contributed by atoms with E-state index in [1.165, 1.54) is 11.0 Å². The highest BCUT2D eigenvalue weighted by Gasteiger charge is 2.28. The average Bonchev–Trinajstić information content (AvgIpc) is 2.67. The number of halogens is 2. The summed E-state index contributed by atoms with van der Waals surface area (Å²) in [6.45, 7) is 1.16. The summed E-state index contributed by atoms with van der Waals surface area (Å²) in [5, 5.41) is 0. The number of nitrogens with two attached hydrogens (primary N) is 1. The molecule has 27 heavy (non-hydrogen) atoms. The van der Waals surface area contributed by atoms with Crippen molar-refractivity contribution in [3.63, 3.8) is 0 Å². The van der Waals surface area contributed by atoms with Crippen LogP contribution in [0.25, 0.3) is 0 Å². The van der Waals surface area contributed by atoms with E-state index < -0.39 is 23.1 Å². The number of nitrogens with zero attached hydrogens (tertiary/aromatic N) is 2. The van der Waals surface area contributed by atoms with Gasteiger partial charge in [0, 0.05) is 38.3 Å². The molecule has 0 saturated carbocycles. The molecule has 142 valence electrons. The van der Waals surface area contributed by atoms with Gasteiger partial charge in [0.25, 0.3) is 5.91 Å². The minimum absolute atomic E-state index is 0.0255. The molecule has 1 heterocycles. The molecule has 7 heteroatoms. The van der Waals surface area contributed by atoms with E-state index in [9.17, 15) is 18.4 Å². The SMILES string of the molecule is Nc1ccccc1CCC(=O)N1CCN(C(=O)c2c(F)cccc2F)CC1. The first-order valence-corrected chi connectivity index (χ1v) is 8.82. The predicted molar refractivity (Wildman–Crippen MR) is 98.0 cm³/mol. The van der Waals surface area contributed by atoms with Crippen LogP contribution in [-0.4, -0.2) is 47.8 Å². The second kappa shape index (κ2) is 8.16. The van der Waals surface area contributed by atoms with Crippen LogP contribution in [0.5, 0.6) is 0 Å². The van der Waals surface area contributed by atoms with Gasteiger partial charge in [-0.1, -0.05) is 24.3 Å². The van der Waals surface area contributed by atoms with Crippen molar-refractivity contribution in [3.05, 3.63) is 65.2 Å². The highest BCUT2D eigenvalue weighted by molar-refractivity contribution is 5.95. The Bertz CT molecular complexity index is 829. The summed E-state index contributed by atoms with van der Waals surface area (Å²) in [7, 11) is 0. The van der Waals surface area contributed by atoms with Gasteiger partial charge in [-0.05, 0) is 30.2 Å². The van der Waals surface area contributed by atoms with E-state index in [0.29, 0.717) is 31.6 Å². The first-order chi connectivity index (χ1) is 13.0. The van der Waals surface area contributed by atoms with E-state index >= 15 is 0 Å². The van der Waals surface area contributed by atoms with Gasteiger partial charge in [0.1, 0.15) is 17.2 Å². The summed E-state index contributed by atoms with van der Waals surface area (Å²) < 4.78 is 27.6. The molecule has 1 fully saturated rings. The van der Waals surface area contributed by atoms with E-state index in [1.54, 1.807) is 11.0 Å². The fourth-order valence-corrected chi connectivity index (χ4v) is 3.18. The summed E-state index contributed by atoms with van der Waals surface area (Å²) in [5.41, 5.74) is 6.93. The summed E-state index contributed by atoms with van der Waals surface area (Å²) in [6, 6.07) is 10.8. The summed E-state index contributed by atoms with van der Waals surface area (Å²) in [6.07, 6.45) is 0.870. The number of rotatable bonds is 4. The average molecular weight is 373 g/mol. The number of piperazine rings is 1. The maximum atomic E-state index is 13.8. The van der Waals surface area contributed by atoms with Crippen molar-refractivity contribution in [2.45, 2.75) is 12.8 Å². The normalized spacial score (nSPS) is 14.3. The molecule has 2 amide bonds. The fourth-order valence-electron chi connectivity index (χ4n) is 3.18. The number of amides is 2. The number of para-hydroxylation sites is 1. The first kappa shape index (κ1) is 18.8. The van der Waals surface area contributed by atoms with E-state index in [0.717, 1.165) is 17.7 Å². The Balaban J connectivity index is 1.55. The lowest BCUT2D eigenvalue weighted by molar-refractivity contribution is -0.132. The predicted octanol–water partition coefficient (Wildman–Crippen LogP) is 2.46. The van der Waals surface area contributed by atoms with Gasteiger partial charge in [-0.25, -0.2) is 8.78 Å². The van der Waals surface area contributed by atoms with Gasteiger partial charge in [-0.15, -0.1) is 0 Å². The van der Waals surface area contributed by atoms with Crippen molar-refractivity contribution >= 4 is 17.5 Å². The van der Waals surface area contributed by atoms with Crippen LogP contribution in [0.3, 0.4) is 0 Å². The fraction of sp³-hybridized carbons (Fsp3) is 0.300. The maximum absolute atomic E-state index is 13.8. The molecule has 1 aliphatic rings. The number of carbonyl (C=O) groups excluding carboxylic acids is 2. The molecule has 0 aromatic heterocycles. The number of carbonyl (C=O) groups is 2. The smallest absolute Gasteiger partial charge is 0.259 e. The summed E-state index contributed by atoms with van der Waals surface area (Å²) >= 11 is 0. The Kier molecular flexibility index (Phi) is 5.69. The molecule has 3 rings (SSSR count). The largest absolute Gasteiger partial charge is 0.399 e. The van der Waals surface area contributed by atoms with Crippen LogP contribution < -0.4 is 5.73 Å². The number of hydrogen-bond donors (Lipinski definition) is 1. The molecule has 1 aliphatic heterocycles. The van der Waals surface area contributed by atoms with Crippen molar-refractivity contribution in [2.24, 2.45) is 0 Å². The highest BCUT2D eigenvalue weighted by Crippen LogP contribution is 2.17. The zero-order chi connectivity index (χ0) is 19.4. The summed E-state index contributed by atoms with van der Waals surface area (Å²) in [5.74, 6) is -2.46. The maximum Gasteiger partial charge on any atom is 0.259 e. The highest BCUT2D eigenvalue weighted by atomic mass is 19.1. The van der Waals surface area contributed by atoms with Crippen LogP contribution in [0.1, 0.15) is 22.3 Å². The van der Waals surface area contributed by atoms with Gasteiger partial charge >= 0.3 is 0 Å². The van der Waals surface area contributed by atoms with Crippen LogP contribution in [0.2, 0.25) is 0 Å². The first-order valence-electron chi connectivity index (χ1n) is 8.82. The van der Waals surface area contributed by atoms with Crippen LogP contribution in [0.15, 0.2) is 42.5 Å². The number of nitrogen functional groups attached to an aromatic ring is 1. The molecular formula is C20H21F2N3O2. The Morgan fingerprint density at radius 2 is 1.48 bits per heavy atom. The van der Waals surface area contributed by atoms with Crippen LogP contribution in [0.4, 0.5) is 14.5 Å². The second-order valence-corrected chi connectivity index (χ2v) is 6.47. The van der Waals surface area contributed by atoms with E-state index in [1.807, 2.05) is 18.2 Å². The molecule has 2 aromatic rings. The Morgan fingerprint density at radius 3 is 2.11 bits per heavy atom. The third-order valence-corrected chi connectivity index (χ3v) is 4.76. The van der Waals surface area contributed by atoms with Gasteiger partial charge in [0.05, 0.1) is 0 Å². The number of aryl methyl sites for hydroxylation is 1. The molecular weight excluding hydrogens is 352 g/mol. The zero-order valence-corrected chi connectivity index (χ0v) is 14.8.